The molecule has 0 aliphatic carbocycles. The Labute approximate surface area is 143 Å². The molecule has 3 rings (SSSR count). The highest BCUT2D eigenvalue weighted by Crippen LogP contribution is 2.37. The van der Waals surface area contributed by atoms with E-state index in [1.165, 1.54) is 0 Å². The van der Waals surface area contributed by atoms with E-state index in [1.807, 2.05) is 37.6 Å². The van der Waals surface area contributed by atoms with Gasteiger partial charge in [0.05, 0.1) is 29.3 Å². The Bertz CT molecular complexity index is 901. The fourth-order valence-corrected chi connectivity index (χ4v) is 3.08. The third-order valence-corrected chi connectivity index (χ3v) is 5.02. The fourth-order valence-electron chi connectivity index (χ4n) is 2.71. The lowest BCUT2D eigenvalue weighted by molar-refractivity contribution is 0.412. The molecule has 0 atom stereocenters. The Morgan fingerprint density at radius 2 is 1.91 bits per heavy atom. The SMILES string of the molecule is COc1ccc(C)c(Nc2c(Br)c(C)nc3c2ncn3C)c1C. The van der Waals surface area contributed by atoms with E-state index in [0.717, 1.165) is 49.6 Å². The number of aryl methyl sites for hydroxylation is 3. The summed E-state index contributed by atoms with van der Waals surface area (Å²) in [6.07, 6.45) is 1.78. The minimum Gasteiger partial charge on any atom is -0.496 e. The van der Waals surface area contributed by atoms with E-state index in [2.05, 4.69) is 38.1 Å². The summed E-state index contributed by atoms with van der Waals surface area (Å²) < 4.78 is 8.28. The highest BCUT2D eigenvalue weighted by Gasteiger charge is 2.17. The molecule has 2 heterocycles. The van der Waals surface area contributed by atoms with Gasteiger partial charge >= 0.3 is 0 Å². The number of hydrogen-bond acceptors (Lipinski definition) is 4. The molecule has 0 unspecified atom stereocenters. The summed E-state index contributed by atoms with van der Waals surface area (Å²) in [6, 6.07) is 4.03. The maximum Gasteiger partial charge on any atom is 0.162 e. The second-order valence-electron chi connectivity index (χ2n) is 5.62. The molecule has 0 bridgehead atoms. The summed E-state index contributed by atoms with van der Waals surface area (Å²) in [5.41, 5.74) is 6.78. The van der Waals surface area contributed by atoms with Crippen molar-refractivity contribution in [2.24, 2.45) is 7.05 Å². The van der Waals surface area contributed by atoms with Crippen molar-refractivity contribution in [1.29, 1.82) is 0 Å². The highest BCUT2D eigenvalue weighted by molar-refractivity contribution is 9.10. The van der Waals surface area contributed by atoms with Crippen LogP contribution >= 0.6 is 15.9 Å². The first-order valence-corrected chi connectivity index (χ1v) is 8.11. The monoisotopic (exact) mass is 374 g/mol. The topological polar surface area (TPSA) is 52.0 Å². The van der Waals surface area contributed by atoms with Crippen molar-refractivity contribution in [3.05, 3.63) is 39.8 Å². The number of nitrogens with one attached hydrogen (secondary N) is 1. The number of fused-ring (bicyclic) bond motifs is 1. The molecule has 1 aromatic carbocycles. The van der Waals surface area contributed by atoms with Crippen molar-refractivity contribution in [1.82, 2.24) is 14.5 Å². The minimum atomic E-state index is 0.839. The van der Waals surface area contributed by atoms with E-state index in [0.29, 0.717) is 0 Å². The smallest absolute Gasteiger partial charge is 0.162 e. The van der Waals surface area contributed by atoms with Crippen LogP contribution in [0.1, 0.15) is 16.8 Å². The van der Waals surface area contributed by atoms with Gasteiger partial charge in [0.2, 0.25) is 0 Å². The van der Waals surface area contributed by atoms with Gasteiger partial charge in [-0.1, -0.05) is 6.07 Å². The quantitative estimate of drug-likeness (QED) is 0.737. The molecule has 3 aromatic rings. The number of methoxy groups -OCH3 is 1. The normalized spacial score (nSPS) is 11.0. The van der Waals surface area contributed by atoms with Gasteiger partial charge in [0, 0.05) is 18.3 Å². The molecule has 2 aromatic heterocycles. The predicted octanol–water partition coefficient (Wildman–Crippen LogP) is 4.41. The van der Waals surface area contributed by atoms with E-state index in [1.54, 1.807) is 13.4 Å². The number of pyridine rings is 1. The van der Waals surface area contributed by atoms with Crippen LogP contribution in [0, 0.1) is 20.8 Å². The molecule has 0 aliphatic rings. The molecule has 120 valence electrons. The molecule has 0 saturated carbocycles. The third-order valence-electron chi connectivity index (χ3n) is 4.05. The van der Waals surface area contributed by atoms with Gasteiger partial charge in [-0.2, -0.15) is 0 Å². The van der Waals surface area contributed by atoms with Crippen molar-refractivity contribution in [3.8, 4) is 5.75 Å². The second-order valence-corrected chi connectivity index (χ2v) is 6.42. The van der Waals surface area contributed by atoms with Gasteiger partial charge in [0.15, 0.2) is 5.65 Å². The lowest BCUT2D eigenvalue weighted by Crippen LogP contribution is -2.02. The van der Waals surface area contributed by atoms with Crippen LogP contribution in [0.3, 0.4) is 0 Å². The number of benzene rings is 1. The lowest BCUT2D eigenvalue weighted by Gasteiger charge is -2.17. The minimum absolute atomic E-state index is 0.839. The molecular weight excluding hydrogens is 356 g/mol. The van der Waals surface area contributed by atoms with Gasteiger partial charge in [-0.05, 0) is 48.3 Å². The first-order valence-electron chi connectivity index (χ1n) is 7.32. The molecule has 5 nitrogen and oxygen atoms in total. The number of anilines is 2. The van der Waals surface area contributed by atoms with Crippen molar-refractivity contribution < 1.29 is 4.74 Å². The van der Waals surface area contributed by atoms with Crippen molar-refractivity contribution >= 4 is 38.5 Å². The summed E-state index contributed by atoms with van der Waals surface area (Å²) in [4.78, 5) is 9.10. The number of aromatic nitrogens is 3. The molecule has 0 spiro atoms. The van der Waals surface area contributed by atoms with Crippen LogP contribution in [0.4, 0.5) is 11.4 Å². The molecule has 0 radical (unpaired) electrons. The van der Waals surface area contributed by atoms with Crippen molar-refractivity contribution in [2.45, 2.75) is 20.8 Å². The van der Waals surface area contributed by atoms with E-state index < -0.39 is 0 Å². The van der Waals surface area contributed by atoms with Gasteiger partial charge < -0.3 is 14.6 Å². The standard InChI is InChI=1S/C17H19BrN4O/c1-9-6-7-12(23-5)10(2)14(9)21-15-13(18)11(3)20-17-16(15)19-8-22(17)4/h6-8H,1-5H3,(H,20,21). The van der Waals surface area contributed by atoms with Gasteiger partial charge in [0.25, 0.3) is 0 Å². The van der Waals surface area contributed by atoms with Gasteiger partial charge in [-0.25, -0.2) is 9.97 Å². The number of halogens is 1. The summed E-state index contributed by atoms with van der Waals surface area (Å²) >= 11 is 3.65. The summed E-state index contributed by atoms with van der Waals surface area (Å²) in [7, 11) is 3.63. The molecular formula is C17H19BrN4O. The van der Waals surface area contributed by atoms with E-state index >= 15 is 0 Å². The van der Waals surface area contributed by atoms with Crippen LogP contribution in [-0.2, 0) is 7.05 Å². The van der Waals surface area contributed by atoms with E-state index in [9.17, 15) is 0 Å². The van der Waals surface area contributed by atoms with Crippen molar-refractivity contribution in [3.63, 3.8) is 0 Å². The van der Waals surface area contributed by atoms with Crippen LogP contribution in [0.25, 0.3) is 11.2 Å². The summed E-state index contributed by atoms with van der Waals surface area (Å²) in [6.45, 7) is 6.10. The first kappa shape index (κ1) is 15.8. The van der Waals surface area contributed by atoms with Crippen LogP contribution in [0.15, 0.2) is 22.9 Å². The molecule has 23 heavy (non-hydrogen) atoms. The van der Waals surface area contributed by atoms with Crippen LogP contribution in [0.2, 0.25) is 0 Å². The number of hydrogen-bond donors (Lipinski definition) is 1. The molecule has 0 aliphatic heterocycles. The number of ether oxygens (including phenoxy) is 1. The number of imidazole rings is 1. The largest absolute Gasteiger partial charge is 0.496 e. The third kappa shape index (κ3) is 2.57. The zero-order chi connectivity index (χ0) is 16.7. The second kappa shape index (κ2) is 5.85. The van der Waals surface area contributed by atoms with Gasteiger partial charge in [-0.15, -0.1) is 0 Å². The van der Waals surface area contributed by atoms with Crippen LogP contribution < -0.4 is 10.1 Å². The Hall–Kier alpha value is -2.08. The molecule has 6 heteroatoms. The Morgan fingerprint density at radius 3 is 2.61 bits per heavy atom. The Balaban J connectivity index is 2.22. The molecule has 1 N–H and O–H groups in total. The Morgan fingerprint density at radius 1 is 1.17 bits per heavy atom. The van der Waals surface area contributed by atoms with E-state index in [-0.39, 0.29) is 0 Å². The maximum atomic E-state index is 5.44. The zero-order valence-corrected chi connectivity index (χ0v) is 15.4. The Kier molecular flexibility index (Phi) is 4.02. The molecule has 0 amide bonds. The summed E-state index contributed by atoms with van der Waals surface area (Å²) in [5, 5.41) is 3.54. The van der Waals surface area contributed by atoms with Gasteiger partial charge in [0.1, 0.15) is 11.3 Å². The first-order chi connectivity index (χ1) is 10.9. The number of rotatable bonds is 3. The average Bonchev–Trinajstić information content (AvgIpc) is 2.88. The maximum absolute atomic E-state index is 5.44. The van der Waals surface area contributed by atoms with Crippen molar-refractivity contribution in [2.75, 3.05) is 12.4 Å². The van der Waals surface area contributed by atoms with Crippen LogP contribution in [0.5, 0.6) is 5.75 Å². The lowest BCUT2D eigenvalue weighted by atomic mass is 10.1. The van der Waals surface area contributed by atoms with Crippen LogP contribution in [-0.4, -0.2) is 21.6 Å². The number of nitrogens with zero attached hydrogens (tertiary/aromatic N) is 3. The molecule has 0 fully saturated rings. The zero-order valence-electron chi connectivity index (χ0n) is 13.9. The predicted molar refractivity (Wildman–Crippen MR) is 96.7 cm³/mol. The molecule has 0 saturated heterocycles. The van der Waals surface area contributed by atoms with E-state index in [4.69, 9.17) is 4.74 Å². The summed E-state index contributed by atoms with van der Waals surface area (Å²) in [5.74, 6) is 0.859. The highest BCUT2D eigenvalue weighted by atomic mass is 79.9. The van der Waals surface area contributed by atoms with Gasteiger partial charge in [-0.3, -0.25) is 0 Å². The average molecular weight is 375 g/mol. The fraction of sp³-hybridized carbons (Fsp3) is 0.294.